The smallest absolute Gasteiger partial charge is 0.327 e. The summed E-state index contributed by atoms with van der Waals surface area (Å²) in [6, 6.07) is 13.1. The molecule has 1 saturated heterocycles. The molecule has 0 aromatic heterocycles. The van der Waals surface area contributed by atoms with E-state index in [-0.39, 0.29) is 31.6 Å². The second kappa shape index (κ2) is 6.26. The molecule has 0 saturated carbocycles. The van der Waals surface area contributed by atoms with Gasteiger partial charge in [-0.15, -0.1) is 0 Å². The van der Waals surface area contributed by atoms with E-state index in [1.165, 1.54) is 4.90 Å². The van der Waals surface area contributed by atoms with E-state index in [4.69, 9.17) is 4.74 Å². The van der Waals surface area contributed by atoms with Gasteiger partial charge in [0.1, 0.15) is 25.0 Å². The molecule has 0 spiro atoms. The lowest BCUT2D eigenvalue weighted by Gasteiger charge is -2.19. The molecule has 0 radical (unpaired) electrons. The molecule has 1 atom stereocenters. The molecular formula is C17H18N2O4. The summed E-state index contributed by atoms with van der Waals surface area (Å²) in [6.45, 7) is -0.00269. The van der Waals surface area contributed by atoms with E-state index in [1.54, 1.807) is 7.05 Å². The normalized spacial score (nSPS) is 16.3. The molecule has 1 heterocycles. The van der Waals surface area contributed by atoms with Crippen molar-refractivity contribution in [3.8, 4) is 5.75 Å². The highest BCUT2D eigenvalue weighted by atomic mass is 16.5. The topological polar surface area (TPSA) is 70.1 Å². The third kappa shape index (κ3) is 3.12. The second-order valence-corrected chi connectivity index (χ2v) is 5.59. The van der Waals surface area contributed by atoms with Gasteiger partial charge < -0.3 is 14.7 Å². The molecule has 0 bridgehead atoms. The SMILES string of the molecule is CN1CC(=O)N(CC(O)COc2cccc3ccccc23)C1=O. The summed E-state index contributed by atoms with van der Waals surface area (Å²) >= 11 is 0. The quantitative estimate of drug-likeness (QED) is 0.849. The Hall–Kier alpha value is -2.60. The zero-order valence-electron chi connectivity index (χ0n) is 12.8. The highest BCUT2D eigenvalue weighted by molar-refractivity contribution is 6.01. The molecule has 6 heteroatoms. The van der Waals surface area contributed by atoms with Gasteiger partial charge in [-0.2, -0.15) is 0 Å². The average molecular weight is 314 g/mol. The van der Waals surface area contributed by atoms with Gasteiger partial charge in [-0.3, -0.25) is 9.69 Å². The lowest BCUT2D eigenvalue weighted by molar-refractivity contribution is -0.126. The van der Waals surface area contributed by atoms with Crippen molar-refractivity contribution in [2.24, 2.45) is 0 Å². The van der Waals surface area contributed by atoms with Crippen molar-refractivity contribution < 1.29 is 19.4 Å². The number of fused-ring (bicyclic) bond motifs is 1. The molecule has 1 aliphatic heterocycles. The maximum atomic E-state index is 11.8. The molecule has 1 fully saturated rings. The van der Waals surface area contributed by atoms with E-state index in [0.29, 0.717) is 5.75 Å². The van der Waals surface area contributed by atoms with Gasteiger partial charge in [0.05, 0.1) is 6.54 Å². The monoisotopic (exact) mass is 314 g/mol. The molecular weight excluding hydrogens is 296 g/mol. The van der Waals surface area contributed by atoms with Gasteiger partial charge in [0, 0.05) is 12.4 Å². The number of ether oxygens (including phenoxy) is 1. The number of imide groups is 1. The van der Waals surface area contributed by atoms with E-state index >= 15 is 0 Å². The van der Waals surface area contributed by atoms with Crippen molar-refractivity contribution in [3.63, 3.8) is 0 Å². The van der Waals surface area contributed by atoms with Crippen LogP contribution in [-0.2, 0) is 4.79 Å². The predicted molar refractivity (Wildman–Crippen MR) is 85.2 cm³/mol. The van der Waals surface area contributed by atoms with Crippen LogP contribution in [0.1, 0.15) is 0 Å². The van der Waals surface area contributed by atoms with Gasteiger partial charge in [-0.25, -0.2) is 4.79 Å². The summed E-state index contributed by atoms with van der Waals surface area (Å²) in [5, 5.41) is 12.1. The number of urea groups is 1. The van der Waals surface area contributed by atoms with Crippen molar-refractivity contribution in [2.45, 2.75) is 6.10 Å². The van der Waals surface area contributed by atoms with Crippen molar-refractivity contribution in [3.05, 3.63) is 42.5 Å². The van der Waals surface area contributed by atoms with Crippen molar-refractivity contribution in [1.82, 2.24) is 9.80 Å². The summed E-state index contributed by atoms with van der Waals surface area (Å²) in [6.07, 6.45) is -0.937. The number of carbonyl (C=O) groups excluding carboxylic acids is 2. The van der Waals surface area contributed by atoms with Gasteiger partial charge in [-0.1, -0.05) is 36.4 Å². The molecule has 0 aliphatic carbocycles. The minimum absolute atomic E-state index is 0.00871. The first-order valence-corrected chi connectivity index (χ1v) is 7.40. The molecule has 120 valence electrons. The Kier molecular flexibility index (Phi) is 4.16. The molecule has 2 aromatic carbocycles. The third-order valence-electron chi connectivity index (χ3n) is 3.81. The fraction of sp³-hybridized carbons (Fsp3) is 0.294. The average Bonchev–Trinajstić information content (AvgIpc) is 2.79. The first kappa shape index (κ1) is 15.3. The summed E-state index contributed by atoms with van der Waals surface area (Å²) in [7, 11) is 1.55. The molecule has 3 amide bonds. The summed E-state index contributed by atoms with van der Waals surface area (Å²) in [5.41, 5.74) is 0. The Morgan fingerprint density at radius 1 is 1.17 bits per heavy atom. The Labute approximate surface area is 133 Å². The van der Waals surface area contributed by atoms with Crippen LogP contribution in [0.2, 0.25) is 0 Å². The van der Waals surface area contributed by atoms with Gasteiger partial charge in [0.2, 0.25) is 5.91 Å². The largest absolute Gasteiger partial charge is 0.490 e. The van der Waals surface area contributed by atoms with E-state index < -0.39 is 6.10 Å². The maximum Gasteiger partial charge on any atom is 0.327 e. The van der Waals surface area contributed by atoms with Crippen molar-refractivity contribution in [1.29, 1.82) is 0 Å². The van der Waals surface area contributed by atoms with Crippen LogP contribution in [0.25, 0.3) is 10.8 Å². The van der Waals surface area contributed by atoms with Crippen LogP contribution in [0.15, 0.2) is 42.5 Å². The number of hydrogen-bond acceptors (Lipinski definition) is 4. The standard InChI is InChI=1S/C17H18N2O4/c1-18-10-16(21)19(17(18)22)9-13(20)11-23-15-8-4-6-12-5-2-3-7-14(12)15/h2-8,13,20H,9-11H2,1H3. The number of β-amino-alcohol motifs (C(OH)–C–C–N with tert-alkyl or cyclic N) is 1. The summed E-state index contributed by atoms with van der Waals surface area (Å²) in [5.74, 6) is 0.361. The second-order valence-electron chi connectivity index (χ2n) is 5.59. The summed E-state index contributed by atoms with van der Waals surface area (Å²) in [4.78, 5) is 25.8. The minimum atomic E-state index is -0.937. The Balaban J connectivity index is 1.64. The molecule has 1 N–H and O–H groups in total. The molecule has 6 nitrogen and oxygen atoms in total. The number of benzene rings is 2. The van der Waals surface area contributed by atoms with Gasteiger partial charge in [-0.05, 0) is 11.5 Å². The van der Waals surface area contributed by atoms with Crippen molar-refractivity contribution >= 4 is 22.7 Å². The van der Waals surface area contributed by atoms with Crippen LogP contribution in [0.4, 0.5) is 4.79 Å². The molecule has 1 unspecified atom stereocenters. The van der Waals surface area contributed by atoms with Crippen LogP contribution in [0, 0.1) is 0 Å². The fourth-order valence-corrected chi connectivity index (χ4v) is 2.62. The van der Waals surface area contributed by atoms with E-state index in [1.807, 2.05) is 42.5 Å². The minimum Gasteiger partial charge on any atom is -0.490 e. The highest BCUT2D eigenvalue weighted by Crippen LogP contribution is 2.25. The number of carbonyl (C=O) groups is 2. The van der Waals surface area contributed by atoms with Crippen molar-refractivity contribution in [2.75, 3.05) is 26.7 Å². The van der Waals surface area contributed by atoms with E-state index in [2.05, 4.69) is 0 Å². The Bertz CT molecular complexity index is 741. The molecule has 2 aromatic rings. The van der Waals surface area contributed by atoms with Gasteiger partial charge >= 0.3 is 6.03 Å². The zero-order valence-corrected chi connectivity index (χ0v) is 12.8. The van der Waals surface area contributed by atoms with E-state index in [9.17, 15) is 14.7 Å². The molecule has 3 rings (SSSR count). The number of aliphatic hydroxyl groups is 1. The molecule has 23 heavy (non-hydrogen) atoms. The zero-order chi connectivity index (χ0) is 16.4. The first-order chi connectivity index (χ1) is 11.1. The number of aliphatic hydroxyl groups excluding tert-OH is 1. The lowest BCUT2D eigenvalue weighted by Crippen LogP contribution is -2.40. The Morgan fingerprint density at radius 3 is 2.65 bits per heavy atom. The number of rotatable bonds is 5. The number of likely N-dealkylation sites (N-methyl/N-ethyl adjacent to an activating group) is 1. The van der Waals surface area contributed by atoms with Crippen LogP contribution in [0.5, 0.6) is 5.75 Å². The third-order valence-corrected chi connectivity index (χ3v) is 3.81. The first-order valence-electron chi connectivity index (χ1n) is 7.40. The predicted octanol–water partition coefficient (Wildman–Crippen LogP) is 1.47. The van der Waals surface area contributed by atoms with E-state index in [0.717, 1.165) is 15.7 Å². The number of hydrogen-bond donors (Lipinski definition) is 1. The number of amides is 3. The lowest BCUT2D eigenvalue weighted by atomic mass is 10.1. The number of nitrogens with zero attached hydrogens (tertiary/aromatic N) is 2. The van der Waals surface area contributed by atoms with Crippen LogP contribution >= 0.6 is 0 Å². The van der Waals surface area contributed by atoms with Crippen LogP contribution in [0.3, 0.4) is 0 Å². The van der Waals surface area contributed by atoms with Crippen LogP contribution < -0.4 is 4.74 Å². The Morgan fingerprint density at radius 2 is 1.91 bits per heavy atom. The molecule has 1 aliphatic rings. The van der Waals surface area contributed by atoms with Gasteiger partial charge in [0.25, 0.3) is 0 Å². The van der Waals surface area contributed by atoms with Gasteiger partial charge in [0.15, 0.2) is 0 Å². The summed E-state index contributed by atoms with van der Waals surface area (Å²) < 4.78 is 5.68. The maximum absolute atomic E-state index is 11.8. The van der Waals surface area contributed by atoms with Crippen LogP contribution in [-0.4, -0.2) is 59.7 Å². The fourth-order valence-electron chi connectivity index (χ4n) is 2.62. The highest BCUT2D eigenvalue weighted by Gasteiger charge is 2.34.